The van der Waals surface area contributed by atoms with Crippen molar-refractivity contribution in [1.29, 1.82) is 0 Å². The van der Waals surface area contributed by atoms with Crippen molar-refractivity contribution < 1.29 is 9.53 Å². The Labute approximate surface area is 144 Å². The average molecular weight is 334 g/mol. The van der Waals surface area contributed by atoms with Crippen LogP contribution in [0.4, 0.5) is 4.79 Å². The number of fused-ring (bicyclic) bond motifs is 1. The molecule has 1 saturated heterocycles. The van der Waals surface area contributed by atoms with Gasteiger partial charge in [0, 0.05) is 57.7 Å². The molecule has 1 atom stereocenters. The Balaban J connectivity index is 1.41. The minimum absolute atomic E-state index is 0.0557. The highest BCUT2D eigenvalue weighted by molar-refractivity contribution is 5.74. The second kappa shape index (κ2) is 8.51. The number of aromatic nitrogens is 2. The zero-order valence-electron chi connectivity index (χ0n) is 14.8. The third kappa shape index (κ3) is 4.50. The van der Waals surface area contributed by atoms with Crippen LogP contribution in [0.15, 0.2) is 6.20 Å². The van der Waals surface area contributed by atoms with Crippen molar-refractivity contribution in [2.24, 2.45) is 5.92 Å². The number of urea groups is 1. The normalized spacial score (nSPS) is 20.7. The van der Waals surface area contributed by atoms with Crippen LogP contribution in [0.2, 0.25) is 0 Å². The van der Waals surface area contributed by atoms with Gasteiger partial charge in [0.15, 0.2) is 0 Å². The molecule has 0 saturated carbocycles. The van der Waals surface area contributed by atoms with Crippen molar-refractivity contribution >= 4 is 6.03 Å². The molecule has 2 amide bonds. The summed E-state index contributed by atoms with van der Waals surface area (Å²) in [7, 11) is 0. The molecular weight excluding hydrogens is 304 g/mol. The van der Waals surface area contributed by atoms with Gasteiger partial charge in [0.1, 0.15) is 5.82 Å². The fourth-order valence-corrected chi connectivity index (χ4v) is 3.67. The smallest absolute Gasteiger partial charge is 0.317 e. The molecule has 1 fully saturated rings. The topological polar surface area (TPSA) is 59.4 Å². The number of carbonyl (C=O) groups excluding carboxylic acids is 1. The van der Waals surface area contributed by atoms with Gasteiger partial charge in [-0.25, -0.2) is 9.78 Å². The molecule has 0 aliphatic carbocycles. The number of hydrogen-bond donors (Lipinski definition) is 1. The van der Waals surface area contributed by atoms with E-state index in [9.17, 15) is 4.79 Å². The Morgan fingerprint density at radius 3 is 3.12 bits per heavy atom. The van der Waals surface area contributed by atoms with Gasteiger partial charge >= 0.3 is 6.03 Å². The Hall–Kier alpha value is -1.56. The standard InChI is InChI=1S/C18H30N4O2/c1-2-24-14-15-6-5-11-22(12-15)18(23)19-9-8-16-13-21-10-4-3-7-17(21)20-16/h13,15H,2-12,14H2,1H3,(H,19,23)/t15-/m1/s1. The summed E-state index contributed by atoms with van der Waals surface area (Å²) in [6.45, 7) is 6.93. The number of hydrogen-bond acceptors (Lipinski definition) is 3. The van der Waals surface area contributed by atoms with Crippen LogP contribution in [-0.2, 0) is 24.1 Å². The lowest BCUT2D eigenvalue weighted by atomic mass is 9.99. The summed E-state index contributed by atoms with van der Waals surface area (Å²) in [5.41, 5.74) is 1.10. The van der Waals surface area contributed by atoms with Gasteiger partial charge in [0.2, 0.25) is 0 Å². The van der Waals surface area contributed by atoms with Crippen LogP contribution in [0.25, 0.3) is 0 Å². The van der Waals surface area contributed by atoms with Gasteiger partial charge in [-0.1, -0.05) is 0 Å². The number of rotatable bonds is 6. The number of carbonyl (C=O) groups is 1. The van der Waals surface area contributed by atoms with Gasteiger partial charge < -0.3 is 19.5 Å². The van der Waals surface area contributed by atoms with Crippen LogP contribution >= 0.6 is 0 Å². The summed E-state index contributed by atoms with van der Waals surface area (Å²) < 4.78 is 7.78. The molecule has 24 heavy (non-hydrogen) atoms. The molecule has 0 spiro atoms. The van der Waals surface area contributed by atoms with Crippen molar-refractivity contribution in [3.63, 3.8) is 0 Å². The number of amides is 2. The maximum atomic E-state index is 12.4. The van der Waals surface area contributed by atoms with Crippen molar-refractivity contribution in [2.75, 3.05) is 32.8 Å². The minimum Gasteiger partial charge on any atom is -0.381 e. The van der Waals surface area contributed by atoms with Crippen molar-refractivity contribution in [3.05, 3.63) is 17.7 Å². The number of likely N-dealkylation sites (tertiary alicyclic amines) is 1. The summed E-state index contributed by atoms with van der Waals surface area (Å²) in [5, 5.41) is 3.05. The van der Waals surface area contributed by atoms with Crippen molar-refractivity contribution in [2.45, 2.75) is 52.0 Å². The lowest BCUT2D eigenvalue weighted by molar-refractivity contribution is 0.0757. The summed E-state index contributed by atoms with van der Waals surface area (Å²) in [4.78, 5) is 19.0. The number of nitrogens with zero attached hydrogens (tertiary/aromatic N) is 3. The number of aryl methyl sites for hydroxylation is 2. The summed E-state index contributed by atoms with van der Waals surface area (Å²) in [5.74, 6) is 1.68. The molecule has 3 heterocycles. The molecule has 2 aliphatic rings. The molecule has 6 nitrogen and oxygen atoms in total. The second-order valence-electron chi connectivity index (χ2n) is 6.89. The van der Waals surface area contributed by atoms with Gasteiger partial charge in [-0.05, 0) is 32.6 Å². The fourth-order valence-electron chi connectivity index (χ4n) is 3.67. The largest absolute Gasteiger partial charge is 0.381 e. The van der Waals surface area contributed by atoms with E-state index in [-0.39, 0.29) is 6.03 Å². The van der Waals surface area contributed by atoms with E-state index in [0.29, 0.717) is 12.5 Å². The second-order valence-corrected chi connectivity index (χ2v) is 6.89. The third-order valence-electron chi connectivity index (χ3n) is 4.98. The molecule has 2 aliphatic heterocycles. The van der Waals surface area contributed by atoms with Crippen molar-refractivity contribution in [3.8, 4) is 0 Å². The van der Waals surface area contributed by atoms with Crippen LogP contribution in [0.1, 0.15) is 44.1 Å². The molecule has 1 N–H and O–H groups in total. The van der Waals surface area contributed by atoms with E-state index >= 15 is 0 Å². The maximum Gasteiger partial charge on any atom is 0.317 e. The Morgan fingerprint density at radius 1 is 1.38 bits per heavy atom. The highest BCUT2D eigenvalue weighted by Gasteiger charge is 2.23. The highest BCUT2D eigenvalue weighted by atomic mass is 16.5. The Kier molecular flexibility index (Phi) is 6.12. The Morgan fingerprint density at radius 2 is 2.29 bits per heavy atom. The van der Waals surface area contributed by atoms with Gasteiger partial charge in [0.05, 0.1) is 12.3 Å². The zero-order valence-corrected chi connectivity index (χ0v) is 14.8. The fraction of sp³-hybridized carbons (Fsp3) is 0.778. The van der Waals surface area contributed by atoms with Crippen LogP contribution in [0, 0.1) is 5.92 Å². The molecular formula is C18H30N4O2. The highest BCUT2D eigenvalue weighted by Crippen LogP contribution is 2.17. The predicted molar refractivity (Wildman–Crippen MR) is 93.1 cm³/mol. The molecule has 6 heteroatoms. The number of nitrogens with one attached hydrogen (secondary N) is 1. The molecule has 0 unspecified atom stereocenters. The summed E-state index contributed by atoms with van der Waals surface area (Å²) in [6, 6.07) is 0.0557. The van der Waals surface area contributed by atoms with E-state index in [4.69, 9.17) is 4.74 Å². The Bertz CT molecular complexity index is 520. The van der Waals surface area contributed by atoms with Crippen molar-refractivity contribution in [1.82, 2.24) is 19.8 Å². The number of ether oxygens (including phenoxy) is 1. The monoisotopic (exact) mass is 334 g/mol. The minimum atomic E-state index is 0.0557. The van der Waals surface area contributed by atoms with E-state index in [0.717, 1.165) is 64.2 Å². The quantitative estimate of drug-likeness (QED) is 0.868. The molecule has 1 aromatic rings. The summed E-state index contributed by atoms with van der Waals surface area (Å²) >= 11 is 0. The molecule has 1 aromatic heterocycles. The average Bonchev–Trinajstić information content (AvgIpc) is 3.03. The van der Waals surface area contributed by atoms with Gasteiger partial charge in [-0.2, -0.15) is 0 Å². The first kappa shape index (κ1) is 17.3. The molecule has 0 radical (unpaired) electrons. The maximum absolute atomic E-state index is 12.4. The number of piperidine rings is 1. The van der Waals surface area contributed by atoms with E-state index in [1.54, 1.807) is 0 Å². The van der Waals surface area contributed by atoms with E-state index < -0.39 is 0 Å². The van der Waals surface area contributed by atoms with Gasteiger partial charge in [-0.3, -0.25) is 0 Å². The van der Waals surface area contributed by atoms with Crippen LogP contribution < -0.4 is 5.32 Å². The third-order valence-corrected chi connectivity index (χ3v) is 4.98. The van der Waals surface area contributed by atoms with E-state index in [1.807, 2.05) is 11.8 Å². The van der Waals surface area contributed by atoms with Crippen LogP contribution in [0.5, 0.6) is 0 Å². The van der Waals surface area contributed by atoms with Crippen LogP contribution in [-0.4, -0.2) is 53.3 Å². The first-order valence-corrected chi connectivity index (χ1v) is 9.41. The SMILES string of the molecule is CCOC[C@@H]1CCCN(C(=O)NCCc2cn3c(n2)CCCC3)C1. The first-order valence-electron chi connectivity index (χ1n) is 9.41. The lowest BCUT2D eigenvalue weighted by Gasteiger charge is -2.32. The lowest BCUT2D eigenvalue weighted by Crippen LogP contribution is -2.46. The van der Waals surface area contributed by atoms with E-state index in [2.05, 4.69) is 21.1 Å². The molecule has 0 aromatic carbocycles. The zero-order chi connectivity index (χ0) is 16.8. The van der Waals surface area contributed by atoms with Gasteiger partial charge in [0.25, 0.3) is 0 Å². The summed E-state index contributed by atoms with van der Waals surface area (Å²) in [6.07, 6.45) is 8.76. The molecule has 134 valence electrons. The van der Waals surface area contributed by atoms with Gasteiger partial charge in [-0.15, -0.1) is 0 Å². The first-order chi connectivity index (χ1) is 11.8. The molecule has 3 rings (SSSR count). The molecule has 0 bridgehead atoms. The van der Waals surface area contributed by atoms with E-state index in [1.165, 1.54) is 18.7 Å². The predicted octanol–water partition coefficient (Wildman–Crippen LogP) is 2.22. The number of imidazole rings is 1. The van der Waals surface area contributed by atoms with Crippen LogP contribution in [0.3, 0.4) is 0 Å².